The predicted molar refractivity (Wildman–Crippen MR) is 190 cm³/mol. The lowest BCUT2D eigenvalue weighted by Crippen LogP contribution is -2.42. The Hall–Kier alpha value is -4.60. The molecule has 3 amide bonds. The number of thiazole rings is 1. The summed E-state index contributed by atoms with van der Waals surface area (Å²) in [5.74, 6) is -4.53. The molecule has 1 aromatic heterocycles. The number of aromatic amines is 1. The number of imide groups is 1. The Morgan fingerprint density at radius 1 is 1.00 bits per heavy atom. The van der Waals surface area contributed by atoms with E-state index >= 15 is 0 Å². The molecule has 0 unspecified atom stereocenters. The van der Waals surface area contributed by atoms with Crippen LogP contribution in [0.2, 0.25) is 5.02 Å². The van der Waals surface area contributed by atoms with Crippen LogP contribution < -0.4 is 19.8 Å². The molecular weight excluding hydrogens is 755 g/mol. The van der Waals surface area contributed by atoms with Crippen LogP contribution in [0, 0.1) is 29.6 Å². The van der Waals surface area contributed by atoms with E-state index in [1.165, 1.54) is 36.0 Å². The van der Waals surface area contributed by atoms with Crippen molar-refractivity contribution in [1.29, 1.82) is 0 Å². The number of hydrogen-bond acceptors (Lipinski definition) is 9. The van der Waals surface area contributed by atoms with Crippen molar-refractivity contribution in [3.63, 3.8) is 0 Å². The van der Waals surface area contributed by atoms with E-state index in [4.69, 9.17) is 21.1 Å². The van der Waals surface area contributed by atoms with Crippen molar-refractivity contribution in [2.24, 2.45) is 29.6 Å². The van der Waals surface area contributed by atoms with Gasteiger partial charge in [-0.1, -0.05) is 29.0 Å². The molecule has 53 heavy (non-hydrogen) atoms. The van der Waals surface area contributed by atoms with E-state index in [-0.39, 0.29) is 40.2 Å². The van der Waals surface area contributed by atoms with Gasteiger partial charge in [0.05, 0.1) is 40.3 Å². The number of benzene rings is 3. The van der Waals surface area contributed by atoms with Gasteiger partial charge in [0.15, 0.2) is 6.61 Å². The molecule has 2 N–H and O–H groups in total. The summed E-state index contributed by atoms with van der Waals surface area (Å²) in [7, 11) is 0. The van der Waals surface area contributed by atoms with Crippen LogP contribution in [-0.2, 0) is 25.3 Å². The zero-order chi connectivity index (χ0) is 37.3. The van der Waals surface area contributed by atoms with Crippen LogP contribution in [0.5, 0.6) is 5.75 Å². The summed E-state index contributed by atoms with van der Waals surface area (Å²) in [6.07, 6.45) is -4.10. The summed E-state index contributed by atoms with van der Waals surface area (Å²) in [6.45, 7) is 1.54. The number of nitrogens with one attached hydrogen (secondary N) is 2. The van der Waals surface area contributed by atoms with Crippen LogP contribution in [0.4, 0.5) is 24.5 Å². The zero-order valence-corrected chi connectivity index (χ0v) is 30.0. The Balaban J connectivity index is 1.09. The van der Waals surface area contributed by atoms with Crippen LogP contribution in [0.1, 0.15) is 45.6 Å². The van der Waals surface area contributed by atoms with Crippen LogP contribution in [0.25, 0.3) is 0 Å². The van der Waals surface area contributed by atoms with Gasteiger partial charge in [0.1, 0.15) is 5.75 Å². The number of thioether (sulfide) groups is 1. The van der Waals surface area contributed by atoms with Crippen LogP contribution in [0.3, 0.4) is 0 Å². The minimum Gasteiger partial charge on any atom is -0.483 e. The first kappa shape index (κ1) is 35.4. The fourth-order valence-electron chi connectivity index (χ4n) is 8.58. The molecule has 16 heteroatoms. The van der Waals surface area contributed by atoms with Gasteiger partial charge in [-0.25, -0.2) is 4.79 Å². The number of carbonyl (C=O) groups excluding carboxylic acids is 4. The second kappa shape index (κ2) is 13.4. The first-order valence-corrected chi connectivity index (χ1v) is 18.9. The van der Waals surface area contributed by atoms with E-state index in [0.29, 0.717) is 39.0 Å². The lowest BCUT2D eigenvalue weighted by molar-refractivity contribution is -0.137. The van der Waals surface area contributed by atoms with Gasteiger partial charge in [-0.15, -0.1) is 11.8 Å². The number of hydrogen-bond donors (Lipinski definition) is 2. The lowest BCUT2D eigenvalue weighted by atomic mass is 9.68. The number of nitrogens with zero attached hydrogens (tertiary/aromatic N) is 1. The molecule has 2 saturated carbocycles. The highest BCUT2D eigenvalue weighted by Crippen LogP contribution is 2.69. The third-order valence-electron chi connectivity index (χ3n) is 10.5. The second-order valence-corrected chi connectivity index (χ2v) is 16.0. The largest absolute Gasteiger partial charge is 0.483 e. The molecule has 3 fully saturated rings. The number of rotatable bonds is 8. The zero-order valence-electron chi connectivity index (χ0n) is 27.6. The topological polar surface area (TPSA) is 135 Å². The van der Waals surface area contributed by atoms with E-state index in [0.717, 1.165) is 33.2 Å². The minimum absolute atomic E-state index is 0.113. The lowest BCUT2D eigenvalue weighted by Gasteiger charge is -2.43. The third kappa shape index (κ3) is 6.11. The fourth-order valence-corrected chi connectivity index (χ4v) is 11.6. The van der Waals surface area contributed by atoms with Gasteiger partial charge in [0.25, 0.3) is 5.91 Å². The molecule has 7 atom stereocenters. The maximum Gasteiger partial charge on any atom is 0.416 e. The number of anilines is 2. The molecule has 3 aromatic carbocycles. The van der Waals surface area contributed by atoms with Crippen molar-refractivity contribution in [3.05, 3.63) is 103 Å². The van der Waals surface area contributed by atoms with Crippen molar-refractivity contribution < 1.29 is 41.8 Å². The first-order chi connectivity index (χ1) is 25.3. The summed E-state index contributed by atoms with van der Waals surface area (Å²) in [4.78, 5) is 70.1. The molecular formula is C37H29ClF3N3O7S2. The van der Waals surface area contributed by atoms with Gasteiger partial charge in [-0.2, -0.15) is 13.2 Å². The molecule has 4 aliphatic rings. The quantitative estimate of drug-likeness (QED) is 0.145. The van der Waals surface area contributed by atoms with Gasteiger partial charge in [-0.05, 0) is 91.8 Å². The van der Waals surface area contributed by atoms with Crippen molar-refractivity contribution in [2.75, 3.05) is 23.4 Å². The molecule has 8 rings (SSSR count). The van der Waals surface area contributed by atoms with E-state index in [1.54, 1.807) is 37.3 Å². The number of alkyl halides is 3. The maximum absolute atomic E-state index is 14.1. The number of amides is 3. The Morgan fingerprint density at radius 2 is 1.74 bits per heavy atom. The number of fused-ring (bicyclic) bond motifs is 9. The normalized spacial score (nSPS) is 25.5. The standard InChI is InChI=1S/C37H29ClF3N3O7S2/c1-2-50-35(48)16-6-9-19(10-7-16)42-25(45)15-51-24-11-8-18(38)13-21(24)26-27-22-14-23(30(27)52-32-31(26)53-36(49)43-32)29-28(22)33(46)44(34(29)47)20-5-3-4-17(12-20)37(39,40)41/h3-13,22-23,26-30H,2,14-15H2,1H3,(H,42,45)(H,43,49)/t22-,23-,26+,27-,28+,29+,30-/m1/s1. The van der Waals surface area contributed by atoms with E-state index in [2.05, 4.69) is 10.3 Å². The Bertz CT molecular complexity index is 2230. The number of halogens is 4. The average Bonchev–Trinajstić information content (AvgIpc) is 3.86. The van der Waals surface area contributed by atoms with Gasteiger partial charge in [0, 0.05) is 32.3 Å². The van der Waals surface area contributed by atoms with Gasteiger partial charge >= 0.3 is 17.0 Å². The van der Waals surface area contributed by atoms with Gasteiger partial charge in [-0.3, -0.25) is 24.1 Å². The monoisotopic (exact) mass is 783 g/mol. The molecule has 1 saturated heterocycles. The number of ether oxygens (including phenoxy) is 2. The van der Waals surface area contributed by atoms with Crippen molar-refractivity contribution in [2.45, 2.75) is 35.7 Å². The fraction of sp³-hybridized carbons (Fsp3) is 0.324. The maximum atomic E-state index is 14.1. The second-order valence-electron chi connectivity index (χ2n) is 13.3. The number of aromatic nitrogens is 1. The van der Waals surface area contributed by atoms with Crippen molar-refractivity contribution in [3.8, 4) is 5.75 Å². The summed E-state index contributed by atoms with van der Waals surface area (Å²) in [5.41, 5.74) is 0.302. The highest BCUT2D eigenvalue weighted by atomic mass is 35.5. The van der Waals surface area contributed by atoms with Crippen molar-refractivity contribution >= 4 is 69.8 Å². The molecule has 10 nitrogen and oxygen atoms in total. The van der Waals surface area contributed by atoms with Gasteiger partial charge < -0.3 is 19.8 Å². The Kier molecular flexibility index (Phi) is 8.93. The van der Waals surface area contributed by atoms with Crippen LogP contribution >= 0.6 is 34.7 Å². The molecule has 0 radical (unpaired) electrons. The molecule has 2 aliphatic heterocycles. The first-order valence-electron chi connectivity index (χ1n) is 16.8. The Labute approximate surface area is 313 Å². The molecule has 2 aliphatic carbocycles. The highest BCUT2D eigenvalue weighted by Gasteiger charge is 2.70. The van der Waals surface area contributed by atoms with Crippen LogP contribution in [0.15, 0.2) is 76.6 Å². The summed E-state index contributed by atoms with van der Waals surface area (Å²) >= 11 is 9.04. The predicted octanol–water partition coefficient (Wildman–Crippen LogP) is 6.98. The summed E-state index contributed by atoms with van der Waals surface area (Å²) < 4.78 is 51.9. The van der Waals surface area contributed by atoms with E-state index in [9.17, 15) is 37.1 Å². The summed E-state index contributed by atoms with van der Waals surface area (Å²) in [6, 6.07) is 15.4. The van der Waals surface area contributed by atoms with Gasteiger partial charge in [0.2, 0.25) is 11.8 Å². The molecule has 0 spiro atoms. The number of esters is 1. The van der Waals surface area contributed by atoms with E-state index < -0.39 is 59.8 Å². The number of carbonyl (C=O) groups is 4. The van der Waals surface area contributed by atoms with Crippen LogP contribution in [-0.4, -0.2) is 47.1 Å². The summed E-state index contributed by atoms with van der Waals surface area (Å²) in [5, 5.41) is 3.54. The van der Waals surface area contributed by atoms with E-state index in [1.807, 2.05) is 0 Å². The smallest absolute Gasteiger partial charge is 0.416 e. The molecule has 274 valence electrons. The highest BCUT2D eigenvalue weighted by molar-refractivity contribution is 8.00. The molecule has 2 bridgehead atoms. The minimum atomic E-state index is -4.65. The molecule has 4 aromatic rings. The average molecular weight is 784 g/mol. The Morgan fingerprint density at radius 3 is 2.45 bits per heavy atom. The molecule has 3 heterocycles. The SMILES string of the molecule is CCOC(=O)c1ccc(NC(=O)COc2ccc(Cl)cc2[C@@H]2c3sc(=O)[nH]c3S[C@@H]3[C@@H]4C[C@@H]([C@@H]5C(=O)N(c6cccc(C(F)(F)F)c6)C(=O)[C@@H]45)[C@H]23)cc1. The van der Waals surface area contributed by atoms with Crippen molar-refractivity contribution in [1.82, 2.24) is 4.98 Å². The number of H-pyrrole nitrogens is 1. The third-order valence-corrected chi connectivity index (χ3v) is 13.3.